The van der Waals surface area contributed by atoms with E-state index in [1.54, 1.807) is 10.9 Å². The van der Waals surface area contributed by atoms with E-state index in [1.165, 1.54) is 0 Å². The maximum Gasteiger partial charge on any atom is 0.122 e. The number of aryl methyl sites for hydroxylation is 1. The van der Waals surface area contributed by atoms with Crippen LogP contribution in [0.4, 0.5) is 0 Å². The van der Waals surface area contributed by atoms with Crippen molar-refractivity contribution in [2.75, 3.05) is 0 Å². The predicted octanol–water partition coefficient (Wildman–Crippen LogP) is 2.87. The van der Waals surface area contributed by atoms with Crippen LogP contribution in [0.5, 0.6) is 0 Å². The average Bonchev–Trinajstić information content (AvgIpc) is 2.59. The van der Waals surface area contributed by atoms with Crippen LogP contribution < -0.4 is 0 Å². The Labute approximate surface area is 116 Å². The first-order chi connectivity index (χ1) is 7.59. The van der Waals surface area contributed by atoms with Crippen molar-refractivity contribution >= 4 is 38.5 Å². The largest absolute Gasteiger partial charge is 0.382 e. The first-order valence-electron chi connectivity index (χ1n) is 4.70. The van der Waals surface area contributed by atoms with Gasteiger partial charge in [-0.1, -0.05) is 12.1 Å². The van der Waals surface area contributed by atoms with Gasteiger partial charge in [0.05, 0.1) is 16.4 Å². The molecule has 16 heavy (non-hydrogen) atoms. The molecule has 2 rings (SSSR count). The van der Waals surface area contributed by atoms with Crippen LogP contribution in [0.25, 0.3) is 0 Å². The van der Waals surface area contributed by atoms with Crippen molar-refractivity contribution in [1.29, 1.82) is 0 Å². The van der Waals surface area contributed by atoms with Crippen molar-refractivity contribution in [3.05, 3.63) is 49.8 Å². The van der Waals surface area contributed by atoms with Crippen LogP contribution in [0.1, 0.15) is 17.4 Å². The molecule has 0 aliphatic carbocycles. The van der Waals surface area contributed by atoms with Gasteiger partial charge in [-0.15, -0.1) is 0 Å². The quantitative estimate of drug-likeness (QED) is 0.798. The Hall–Kier alpha value is -0.400. The lowest BCUT2D eigenvalue weighted by Crippen LogP contribution is -2.07. The van der Waals surface area contributed by atoms with Gasteiger partial charge in [0.1, 0.15) is 6.10 Å². The fraction of sp³-hybridized carbons (Fsp3) is 0.182. The van der Waals surface area contributed by atoms with Crippen LogP contribution in [0.3, 0.4) is 0 Å². The highest BCUT2D eigenvalue weighted by Gasteiger charge is 2.17. The number of hydrogen-bond acceptors (Lipinski definition) is 2. The normalized spacial score (nSPS) is 12.8. The van der Waals surface area contributed by atoms with Gasteiger partial charge in [0, 0.05) is 10.6 Å². The molecule has 0 fully saturated rings. The van der Waals surface area contributed by atoms with E-state index >= 15 is 0 Å². The number of aliphatic hydroxyl groups excluding tert-OH is 1. The van der Waals surface area contributed by atoms with Crippen molar-refractivity contribution in [1.82, 2.24) is 9.78 Å². The van der Waals surface area contributed by atoms with Crippen molar-refractivity contribution < 1.29 is 5.11 Å². The summed E-state index contributed by atoms with van der Waals surface area (Å²) in [5.74, 6) is 0. The van der Waals surface area contributed by atoms with E-state index in [4.69, 9.17) is 0 Å². The molecule has 0 saturated heterocycles. The Balaban J connectivity index is 2.39. The SMILES string of the molecule is Cn1ncc(Br)c1C(O)c1ccc(I)cc1. The molecule has 1 heterocycles. The van der Waals surface area contributed by atoms with Gasteiger partial charge in [-0.25, -0.2) is 0 Å². The molecule has 0 saturated carbocycles. The summed E-state index contributed by atoms with van der Waals surface area (Å²) >= 11 is 5.62. The molecule has 84 valence electrons. The minimum atomic E-state index is -0.654. The predicted molar refractivity (Wildman–Crippen MR) is 74.1 cm³/mol. The molecule has 0 aliphatic heterocycles. The van der Waals surface area contributed by atoms with Crippen LogP contribution >= 0.6 is 38.5 Å². The zero-order valence-electron chi connectivity index (χ0n) is 8.56. The summed E-state index contributed by atoms with van der Waals surface area (Å²) in [4.78, 5) is 0. The van der Waals surface area contributed by atoms with Gasteiger partial charge in [-0.2, -0.15) is 5.10 Å². The first-order valence-corrected chi connectivity index (χ1v) is 6.57. The lowest BCUT2D eigenvalue weighted by molar-refractivity contribution is 0.209. The lowest BCUT2D eigenvalue weighted by atomic mass is 10.1. The Morgan fingerprint density at radius 3 is 2.50 bits per heavy atom. The van der Waals surface area contributed by atoms with Gasteiger partial charge in [0.2, 0.25) is 0 Å². The Morgan fingerprint density at radius 1 is 1.38 bits per heavy atom. The molecule has 0 spiro atoms. The number of aliphatic hydroxyl groups is 1. The monoisotopic (exact) mass is 392 g/mol. The third-order valence-corrected chi connectivity index (χ3v) is 3.71. The molecular formula is C11H10BrIN2O. The second-order valence-corrected chi connectivity index (χ2v) is 5.56. The zero-order chi connectivity index (χ0) is 11.7. The summed E-state index contributed by atoms with van der Waals surface area (Å²) in [5, 5.41) is 14.3. The van der Waals surface area contributed by atoms with Gasteiger partial charge in [0.25, 0.3) is 0 Å². The summed E-state index contributed by atoms with van der Waals surface area (Å²) in [6.45, 7) is 0. The molecule has 0 amide bonds. The van der Waals surface area contributed by atoms with Crippen LogP contribution in [0, 0.1) is 3.57 Å². The third-order valence-electron chi connectivity index (χ3n) is 2.38. The average molecular weight is 393 g/mol. The number of hydrogen-bond donors (Lipinski definition) is 1. The fourth-order valence-electron chi connectivity index (χ4n) is 1.53. The van der Waals surface area contributed by atoms with E-state index in [2.05, 4.69) is 43.6 Å². The highest BCUT2D eigenvalue weighted by Crippen LogP contribution is 2.28. The second kappa shape index (κ2) is 4.85. The molecule has 1 aromatic carbocycles. The molecular weight excluding hydrogens is 383 g/mol. The number of halogens is 2. The van der Waals surface area contributed by atoms with E-state index < -0.39 is 6.10 Å². The van der Waals surface area contributed by atoms with E-state index in [9.17, 15) is 5.11 Å². The lowest BCUT2D eigenvalue weighted by Gasteiger charge is -2.12. The number of aromatic nitrogens is 2. The number of nitrogens with zero attached hydrogens (tertiary/aromatic N) is 2. The summed E-state index contributed by atoms with van der Waals surface area (Å²) < 4.78 is 3.64. The van der Waals surface area contributed by atoms with Gasteiger partial charge >= 0.3 is 0 Å². The van der Waals surface area contributed by atoms with E-state index in [1.807, 2.05) is 31.3 Å². The van der Waals surface area contributed by atoms with Gasteiger partial charge in [-0.3, -0.25) is 4.68 Å². The van der Waals surface area contributed by atoms with E-state index in [0.29, 0.717) is 0 Å². The van der Waals surface area contributed by atoms with Crippen molar-refractivity contribution in [2.45, 2.75) is 6.10 Å². The third kappa shape index (κ3) is 2.31. The Morgan fingerprint density at radius 2 is 2.00 bits per heavy atom. The topological polar surface area (TPSA) is 38.0 Å². The van der Waals surface area contributed by atoms with Crippen LogP contribution in [-0.4, -0.2) is 14.9 Å². The zero-order valence-corrected chi connectivity index (χ0v) is 12.3. The van der Waals surface area contributed by atoms with Gasteiger partial charge in [0.15, 0.2) is 0 Å². The van der Waals surface area contributed by atoms with Crippen molar-refractivity contribution in [3.8, 4) is 0 Å². The summed E-state index contributed by atoms with van der Waals surface area (Å²) in [7, 11) is 1.82. The molecule has 0 aliphatic rings. The van der Waals surface area contributed by atoms with E-state index in [0.717, 1.165) is 19.3 Å². The highest BCUT2D eigenvalue weighted by molar-refractivity contribution is 14.1. The maximum absolute atomic E-state index is 10.2. The number of rotatable bonds is 2. The maximum atomic E-state index is 10.2. The molecule has 5 heteroatoms. The summed E-state index contributed by atoms with van der Waals surface area (Å²) in [5.41, 5.74) is 1.63. The first kappa shape index (κ1) is 12.1. The molecule has 0 bridgehead atoms. The van der Waals surface area contributed by atoms with Crippen molar-refractivity contribution in [2.24, 2.45) is 7.05 Å². The standard InChI is InChI=1S/C11H10BrIN2O/c1-15-10(9(12)6-14-15)11(16)7-2-4-8(13)5-3-7/h2-6,11,16H,1H3. The van der Waals surface area contributed by atoms with Crippen molar-refractivity contribution in [3.63, 3.8) is 0 Å². The summed E-state index contributed by atoms with van der Waals surface area (Å²) in [6, 6.07) is 7.80. The minimum Gasteiger partial charge on any atom is -0.382 e. The van der Waals surface area contributed by atoms with Gasteiger partial charge < -0.3 is 5.11 Å². The Kier molecular flexibility index (Phi) is 3.66. The van der Waals surface area contributed by atoms with Crippen LogP contribution in [0.15, 0.2) is 34.9 Å². The highest BCUT2D eigenvalue weighted by atomic mass is 127. The van der Waals surface area contributed by atoms with Crippen LogP contribution in [0.2, 0.25) is 0 Å². The van der Waals surface area contributed by atoms with Crippen LogP contribution in [-0.2, 0) is 7.05 Å². The molecule has 1 aromatic heterocycles. The fourth-order valence-corrected chi connectivity index (χ4v) is 2.46. The smallest absolute Gasteiger partial charge is 0.122 e. The molecule has 1 unspecified atom stereocenters. The molecule has 3 nitrogen and oxygen atoms in total. The Bertz CT molecular complexity index is 476. The minimum absolute atomic E-state index is 0.654. The number of benzene rings is 1. The molecule has 1 N–H and O–H groups in total. The van der Waals surface area contributed by atoms with E-state index in [-0.39, 0.29) is 0 Å². The second-order valence-electron chi connectivity index (χ2n) is 3.46. The molecule has 0 radical (unpaired) electrons. The summed E-state index contributed by atoms with van der Waals surface area (Å²) in [6.07, 6.45) is 1.03. The molecule has 2 aromatic rings. The van der Waals surface area contributed by atoms with Gasteiger partial charge in [-0.05, 0) is 56.2 Å². The molecule has 1 atom stereocenters.